The van der Waals surface area contributed by atoms with Gasteiger partial charge in [0.2, 0.25) is 5.43 Å². The quantitative estimate of drug-likeness (QED) is 0.350. The summed E-state index contributed by atoms with van der Waals surface area (Å²) in [7, 11) is 0. The van der Waals surface area contributed by atoms with Crippen molar-refractivity contribution < 1.29 is 18.7 Å². The highest BCUT2D eigenvalue weighted by molar-refractivity contribution is 5.97. The molecule has 4 aromatic rings. The number of fused-ring (bicyclic) bond motifs is 1. The maximum atomic E-state index is 12.9. The average Bonchev–Trinajstić information content (AvgIpc) is 3.69. The maximum absolute atomic E-state index is 12.9. The minimum atomic E-state index is -2.73. The summed E-state index contributed by atoms with van der Waals surface area (Å²) in [6.07, 6.45) is 1.05. The zero-order valence-electron chi connectivity index (χ0n) is 19.2. The number of amides is 1. The van der Waals surface area contributed by atoms with Crippen LogP contribution in [0.5, 0.6) is 0 Å². The van der Waals surface area contributed by atoms with Crippen LogP contribution in [-0.2, 0) is 0 Å². The van der Waals surface area contributed by atoms with Gasteiger partial charge in [0, 0.05) is 24.0 Å². The Hall–Kier alpha value is -4.33. The maximum Gasteiger partial charge on any atom is 0.256 e. The van der Waals surface area contributed by atoms with Gasteiger partial charge >= 0.3 is 0 Å². The molecule has 8 heteroatoms. The molecular weight excluding hydrogens is 464 g/mol. The number of aliphatic hydroxyl groups is 1. The lowest BCUT2D eigenvalue weighted by Gasteiger charge is -2.14. The third-order valence-corrected chi connectivity index (χ3v) is 6.44. The van der Waals surface area contributed by atoms with Gasteiger partial charge in [0.15, 0.2) is 0 Å². The zero-order chi connectivity index (χ0) is 25.4. The summed E-state index contributed by atoms with van der Waals surface area (Å²) < 4.78 is 26.9. The fourth-order valence-electron chi connectivity index (χ4n) is 4.47. The Kier molecular flexibility index (Phi) is 6.10. The molecule has 1 amide bonds. The molecule has 1 saturated carbocycles. The number of hydrogen-bond donors (Lipinski definition) is 2. The van der Waals surface area contributed by atoms with Crippen molar-refractivity contribution >= 4 is 16.9 Å². The molecule has 2 aromatic heterocycles. The number of benzene rings is 2. The van der Waals surface area contributed by atoms with Gasteiger partial charge in [-0.2, -0.15) is 0 Å². The summed E-state index contributed by atoms with van der Waals surface area (Å²) in [6.45, 7) is 2.78. The number of nitrogens with zero attached hydrogens (tertiary/aromatic N) is 2. The summed E-state index contributed by atoms with van der Waals surface area (Å²) in [4.78, 5) is 29.8. The van der Waals surface area contributed by atoms with Crippen molar-refractivity contribution in [3.8, 4) is 16.8 Å². The largest absolute Gasteiger partial charge is 0.513 e. The molecule has 2 unspecified atom stereocenters. The highest BCUT2D eigenvalue weighted by Crippen LogP contribution is 2.50. The summed E-state index contributed by atoms with van der Waals surface area (Å²) >= 11 is 0. The molecule has 5 rings (SSSR count). The van der Waals surface area contributed by atoms with Gasteiger partial charge in [-0.15, -0.1) is 0 Å². The third-order valence-electron chi connectivity index (χ3n) is 6.44. The van der Waals surface area contributed by atoms with Crippen LogP contribution in [-0.4, -0.2) is 33.5 Å². The molecule has 1 fully saturated rings. The first-order valence-electron chi connectivity index (χ1n) is 11.5. The molecule has 2 aromatic carbocycles. The zero-order valence-corrected chi connectivity index (χ0v) is 19.2. The highest BCUT2D eigenvalue weighted by Gasteiger charge is 2.40. The van der Waals surface area contributed by atoms with E-state index in [0.717, 1.165) is 23.1 Å². The standard InChI is InChI=1S/C28H23F2N3O3/c1-16(34)22-13-23(22)18-9-7-17(8-10-18)19-4-2-5-20(12-19)33-15-24(28(36)32-14-25(29)30)26(35)21-6-3-11-31-27(21)33/h2-12,15,22-23,25,34H,1,13-14H2,(H,32,36). The normalized spacial score (nSPS) is 16.8. The molecule has 2 N–H and O–H groups in total. The minimum Gasteiger partial charge on any atom is -0.513 e. The molecule has 1 aliphatic carbocycles. The van der Waals surface area contributed by atoms with E-state index in [0.29, 0.717) is 11.3 Å². The van der Waals surface area contributed by atoms with Crippen LogP contribution in [0.4, 0.5) is 8.78 Å². The number of aromatic nitrogens is 2. The van der Waals surface area contributed by atoms with Gasteiger partial charge in [-0.1, -0.05) is 43.0 Å². The van der Waals surface area contributed by atoms with Gasteiger partial charge in [0.05, 0.1) is 17.7 Å². The van der Waals surface area contributed by atoms with Gasteiger partial charge < -0.3 is 15.0 Å². The number of aliphatic hydroxyl groups excluding tert-OH is 1. The van der Waals surface area contributed by atoms with E-state index in [9.17, 15) is 23.5 Å². The first-order chi connectivity index (χ1) is 17.3. The molecule has 0 bridgehead atoms. The number of carbonyl (C=O) groups is 1. The minimum absolute atomic E-state index is 0.118. The molecule has 2 heterocycles. The number of allylic oxidation sites excluding steroid dienone is 1. The third kappa shape index (κ3) is 4.49. The van der Waals surface area contributed by atoms with Crippen LogP contribution in [0.25, 0.3) is 27.8 Å². The Morgan fingerprint density at radius 1 is 1.14 bits per heavy atom. The van der Waals surface area contributed by atoms with Gasteiger partial charge in [0.25, 0.3) is 12.3 Å². The fourth-order valence-corrected chi connectivity index (χ4v) is 4.47. The summed E-state index contributed by atoms with van der Waals surface area (Å²) in [5, 5.41) is 11.9. The van der Waals surface area contributed by atoms with Crippen molar-refractivity contribution in [1.82, 2.24) is 14.9 Å². The number of halogens is 2. The molecule has 36 heavy (non-hydrogen) atoms. The SMILES string of the molecule is C=C(O)C1CC1c1ccc(-c2cccc(-n3cc(C(=O)NCC(F)F)c(=O)c4cccnc43)c2)cc1. The van der Waals surface area contributed by atoms with Crippen molar-refractivity contribution in [1.29, 1.82) is 0 Å². The number of hydrogen-bond acceptors (Lipinski definition) is 4. The lowest BCUT2D eigenvalue weighted by atomic mass is 10.0. The van der Waals surface area contributed by atoms with Crippen LogP contribution in [0.15, 0.2) is 90.2 Å². The van der Waals surface area contributed by atoms with Gasteiger partial charge in [-0.05, 0) is 53.3 Å². The number of nitrogens with one attached hydrogen (secondary N) is 1. The molecule has 2 atom stereocenters. The predicted octanol–water partition coefficient (Wildman–Crippen LogP) is 5.22. The first-order valence-corrected chi connectivity index (χ1v) is 11.5. The monoisotopic (exact) mass is 487 g/mol. The summed E-state index contributed by atoms with van der Waals surface area (Å²) in [5.74, 6) is -0.236. The van der Waals surface area contributed by atoms with E-state index in [2.05, 4.69) is 16.9 Å². The molecule has 0 aliphatic heterocycles. The van der Waals surface area contributed by atoms with Crippen LogP contribution in [0.1, 0.15) is 28.3 Å². The van der Waals surface area contributed by atoms with E-state index in [1.54, 1.807) is 22.9 Å². The number of rotatable bonds is 7. The van der Waals surface area contributed by atoms with E-state index in [-0.39, 0.29) is 28.5 Å². The van der Waals surface area contributed by atoms with Crippen molar-refractivity contribution in [3.05, 3.63) is 107 Å². The smallest absolute Gasteiger partial charge is 0.256 e. The Morgan fingerprint density at radius 3 is 2.61 bits per heavy atom. The Morgan fingerprint density at radius 2 is 1.92 bits per heavy atom. The molecule has 6 nitrogen and oxygen atoms in total. The average molecular weight is 488 g/mol. The van der Waals surface area contributed by atoms with Crippen LogP contribution in [0, 0.1) is 5.92 Å². The Balaban J connectivity index is 1.53. The summed E-state index contributed by atoms with van der Waals surface area (Å²) in [5.41, 5.74) is 3.21. The van der Waals surface area contributed by atoms with Crippen molar-refractivity contribution in [2.24, 2.45) is 5.92 Å². The first kappa shape index (κ1) is 23.4. The van der Waals surface area contributed by atoms with Gasteiger partial charge in [-0.25, -0.2) is 13.8 Å². The van der Waals surface area contributed by atoms with E-state index < -0.39 is 24.3 Å². The van der Waals surface area contributed by atoms with Crippen molar-refractivity contribution in [2.45, 2.75) is 18.8 Å². The fraction of sp³-hybridized carbons (Fsp3) is 0.179. The molecular formula is C28H23F2N3O3. The van der Waals surface area contributed by atoms with Gasteiger partial charge in [0.1, 0.15) is 11.2 Å². The number of alkyl halides is 2. The van der Waals surface area contributed by atoms with Gasteiger partial charge in [-0.3, -0.25) is 9.59 Å². The van der Waals surface area contributed by atoms with Crippen LogP contribution >= 0.6 is 0 Å². The van der Waals surface area contributed by atoms with E-state index in [1.807, 2.05) is 48.5 Å². The molecule has 1 aliphatic rings. The topological polar surface area (TPSA) is 84.2 Å². The van der Waals surface area contributed by atoms with Crippen molar-refractivity contribution in [2.75, 3.05) is 6.54 Å². The Bertz CT molecular complexity index is 1530. The number of carbonyl (C=O) groups excluding carboxylic acids is 1. The summed E-state index contributed by atoms with van der Waals surface area (Å²) in [6, 6.07) is 18.8. The van der Waals surface area contributed by atoms with Crippen LogP contribution in [0.3, 0.4) is 0 Å². The predicted molar refractivity (Wildman–Crippen MR) is 134 cm³/mol. The molecule has 182 valence electrons. The second-order valence-corrected chi connectivity index (χ2v) is 8.83. The number of pyridine rings is 2. The van der Waals surface area contributed by atoms with E-state index in [4.69, 9.17) is 0 Å². The van der Waals surface area contributed by atoms with Crippen molar-refractivity contribution in [3.63, 3.8) is 0 Å². The molecule has 0 spiro atoms. The lowest BCUT2D eigenvalue weighted by Crippen LogP contribution is -2.33. The second kappa shape index (κ2) is 9.37. The van der Waals surface area contributed by atoms with E-state index in [1.165, 1.54) is 6.20 Å². The molecule has 0 saturated heterocycles. The van der Waals surface area contributed by atoms with Crippen LogP contribution < -0.4 is 10.7 Å². The Labute approximate surface area is 205 Å². The van der Waals surface area contributed by atoms with Crippen LogP contribution in [0.2, 0.25) is 0 Å². The molecule has 0 radical (unpaired) electrons. The van der Waals surface area contributed by atoms with E-state index >= 15 is 0 Å². The lowest BCUT2D eigenvalue weighted by molar-refractivity contribution is 0.0890. The second-order valence-electron chi connectivity index (χ2n) is 8.83. The highest BCUT2D eigenvalue weighted by atomic mass is 19.3.